The van der Waals surface area contributed by atoms with Gasteiger partial charge in [-0.1, -0.05) is 98.6 Å². The first kappa shape index (κ1) is 34.4. The molecule has 0 saturated carbocycles. The summed E-state index contributed by atoms with van der Waals surface area (Å²) in [4.78, 5) is 25.5. The number of allylic oxidation sites excluding steroid dienone is 2. The molecule has 224 valence electrons. The zero-order chi connectivity index (χ0) is 31.1. The van der Waals surface area contributed by atoms with Crippen molar-refractivity contribution >= 4 is 34.9 Å². The Balaban J connectivity index is 0.00000301. The van der Waals surface area contributed by atoms with Crippen molar-refractivity contribution in [1.82, 2.24) is 5.32 Å². The summed E-state index contributed by atoms with van der Waals surface area (Å²) < 4.78 is 0. The number of carboxylic acid groups (broad SMARTS) is 1. The Bertz CT molecular complexity index is 1360. The largest absolute Gasteiger partial charge is 0.481 e. The summed E-state index contributed by atoms with van der Waals surface area (Å²) in [5, 5.41) is 14.9. The lowest BCUT2D eigenvalue weighted by atomic mass is 10.0. The molecule has 0 unspecified atom stereocenters. The number of amides is 1. The number of nitrogens with one attached hydrogen (secondary N) is 1. The van der Waals surface area contributed by atoms with E-state index in [4.69, 9.17) is 5.11 Å². The van der Waals surface area contributed by atoms with Gasteiger partial charge < -0.3 is 15.3 Å². The van der Waals surface area contributed by atoms with Gasteiger partial charge in [-0.25, -0.2) is 0 Å². The summed E-state index contributed by atoms with van der Waals surface area (Å²) in [6.45, 7) is 15.5. The number of aryl methyl sites for hydroxylation is 3. The van der Waals surface area contributed by atoms with E-state index in [9.17, 15) is 9.59 Å². The Morgan fingerprint density at radius 3 is 2.17 bits per heavy atom. The molecule has 3 rings (SSSR count). The molecule has 0 aliphatic carbocycles. The highest BCUT2D eigenvalue weighted by Crippen LogP contribution is 2.33. The molecule has 0 fully saturated rings. The van der Waals surface area contributed by atoms with Crippen molar-refractivity contribution in [3.05, 3.63) is 117 Å². The molecular weight excluding hydrogens is 540 g/mol. The monoisotopic (exact) mass is 586 g/mol. The first-order chi connectivity index (χ1) is 20.2. The Kier molecular flexibility index (Phi) is 14.7. The van der Waals surface area contributed by atoms with E-state index in [-0.39, 0.29) is 18.9 Å². The first-order valence-corrected chi connectivity index (χ1v) is 15.6. The van der Waals surface area contributed by atoms with Crippen LogP contribution in [0.2, 0.25) is 0 Å². The van der Waals surface area contributed by atoms with E-state index in [1.807, 2.05) is 26.0 Å². The van der Waals surface area contributed by atoms with Crippen LogP contribution in [0.3, 0.4) is 0 Å². The fraction of sp³-hybridized carbons (Fsp3) is 0.333. The van der Waals surface area contributed by atoms with Gasteiger partial charge in [-0.05, 0) is 86.1 Å². The van der Waals surface area contributed by atoms with Crippen molar-refractivity contribution < 1.29 is 14.7 Å². The number of benzene rings is 3. The summed E-state index contributed by atoms with van der Waals surface area (Å²) in [6, 6.07) is 22.7. The van der Waals surface area contributed by atoms with Crippen molar-refractivity contribution in [1.29, 1.82) is 0 Å². The number of unbranched alkanes of at least 4 members (excludes halogenated alkanes) is 1. The molecule has 0 bridgehead atoms. The lowest BCUT2D eigenvalue weighted by Crippen LogP contribution is -2.26. The third-order valence-electron chi connectivity index (χ3n) is 6.56. The molecule has 2 N–H and O–H groups in total. The number of aliphatic carboxylic acids is 1. The minimum atomic E-state index is -0.935. The van der Waals surface area contributed by atoms with Crippen LogP contribution >= 0.6 is 11.8 Å². The molecule has 0 aromatic heterocycles. The second-order valence-corrected chi connectivity index (χ2v) is 11.0. The molecule has 6 heteroatoms. The fourth-order valence-electron chi connectivity index (χ4n) is 4.31. The molecule has 42 heavy (non-hydrogen) atoms. The molecule has 1 amide bonds. The number of hydrogen-bond acceptors (Lipinski definition) is 4. The fourth-order valence-corrected chi connectivity index (χ4v) is 5.24. The zero-order valence-corrected chi connectivity index (χ0v) is 27.0. The van der Waals surface area contributed by atoms with Crippen LogP contribution in [-0.2, 0) is 11.3 Å². The Hall–Kier alpha value is -3.77. The standard InChI is InChI=1S/C34H40N2O3S.C2H6/c1-6-7-8-32(40-23-27(5)31-18-11-25(3)21-26(31)4)36(30-16-9-24(2)10-17-30)22-28-12-14-29(15-13-28)34(39)35-20-19-33(37)38;1-2/h8-18,21,23H,6-7,19-20,22H2,1-5H3,(H,35,39)(H,37,38);1-2H3/b27-23+,32-8+;. The quantitative estimate of drug-likeness (QED) is 0.209. The Labute approximate surface area is 256 Å². The summed E-state index contributed by atoms with van der Waals surface area (Å²) in [7, 11) is 0. The van der Waals surface area contributed by atoms with Crippen LogP contribution < -0.4 is 10.2 Å². The topological polar surface area (TPSA) is 69.6 Å². The maximum Gasteiger partial charge on any atom is 0.305 e. The molecule has 5 nitrogen and oxygen atoms in total. The lowest BCUT2D eigenvalue weighted by molar-refractivity contribution is -0.136. The van der Waals surface area contributed by atoms with Gasteiger partial charge in [-0.15, -0.1) is 0 Å². The van der Waals surface area contributed by atoms with Crippen molar-refractivity contribution in [2.45, 2.75) is 74.3 Å². The molecule has 0 heterocycles. The summed E-state index contributed by atoms with van der Waals surface area (Å²) in [6.07, 6.45) is 4.23. The number of hydrogen-bond donors (Lipinski definition) is 2. The van der Waals surface area contributed by atoms with Gasteiger partial charge >= 0.3 is 5.97 Å². The third-order valence-corrected chi connectivity index (χ3v) is 7.66. The second kappa shape index (κ2) is 17.9. The van der Waals surface area contributed by atoms with Crippen LogP contribution in [-0.4, -0.2) is 23.5 Å². The summed E-state index contributed by atoms with van der Waals surface area (Å²) in [5.74, 6) is -1.20. The molecule has 0 spiro atoms. The maximum absolute atomic E-state index is 12.4. The van der Waals surface area contributed by atoms with Crippen molar-refractivity contribution in [3.8, 4) is 0 Å². The van der Waals surface area contributed by atoms with E-state index >= 15 is 0 Å². The first-order valence-electron chi connectivity index (χ1n) is 14.7. The average Bonchev–Trinajstić information content (AvgIpc) is 2.98. The van der Waals surface area contributed by atoms with E-state index in [0.717, 1.165) is 29.1 Å². The van der Waals surface area contributed by atoms with Crippen LogP contribution in [0.4, 0.5) is 5.69 Å². The second-order valence-electron chi connectivity index (χ2n) is 10.1. The van der Waals surface area contributed by atoms with Crippen LogP contribution in [0, 0.1) is 20.8 Å². The van der Waals surface area contributed by atoms with Crippen LogP contribution in [0.5, 0.6) is 0 Å². The van der Waals surface area contributed by atoms with Crippen LogP contribution in [0.1, 0.15) is 85.1 Å². The van der Waals surface area contributed by atoms with E-state index in [0.29, 0.717) is 12.1 Å². The molecule has 0 saturated heterocycles. The molecule has 0 aliphatic heterocycles. The molecule has 3 aromatic rings. The Morgan fingerprint density at radius 2 is 1.57 bits per heavy atom. The third kappa shape index (κ3) is 10.9. The normalized spacial score (nSPS) is 11.4. The van der Waals surface area contributed by atoms with Crippen molar-refractivity contribution in [2.75, 3.05) is 11.4 Å². The maximum atomic E-state index is 12.4. The number of carboxylic acids is 1. The van der Waals surface area contributed by atoms with Crippen molar-refractivity contribution in [2.24, 2.45) is 0 Å². The number of thioether (sulfide) groups is 1. The number of anilines is 1. The lowest BCUT2D eigenvalue weighted by Gasteiger charge is -2.27. The predicted molar refractivity (Wildman–Crippen MR) is 180 cm³/mol. The van der Waals surface area contributed by atoms with Gasteiger partial charge in [0.1, 0.15) is 0 Å². The minimum Gasteiger partial charge on any atom is -0.481 e. The molecule has 3 aromatic carbocycles. The summed E-state index contributed by atoms with van der Waals surface area (Å²) >= 11 is 1.74. The van der Waals surface area contributed by atoms with Crippen LogP contribution in [0.15, 0.2) is 83.2 Å². The van der Waals surface area contributed by atoms with Gasteiger partial charge in [0.15, 0.2) is 0 Å². The highest BCUT2D eigenvalue weighted by Gasteiger charge is 2.15. The number of nitrogens with zero attached hydrogens (tertiary/aromatic N) is 1. The van der Waals surface area contributed by atoms with E-state index in [1.54, 1.807) is 23.9 Å². The minimum absolute atomic E-state index is 0.0999. The Morgan fingerprint density at radius 1 is 0.929 bits per heavy atom. The van der Waals surface area contributed by atoms with E-state index < -0.39 is 5.97 Å². The van der Waals surface area contributed by atoms with Gasteiger partial charge in [-0.2, -0.15) is 0 Å². The predicted octanol–water partition coefficient (Wildman–Crippen LogP) is 9.28. The highest BCUT2D eigenvalue weighted by atomic mass is 32.2. The summed E-state index contributed by atoms with van der Waals surface area (Å²) in [5.41, 5.74) is 8.92. The van der Waals surface area contributed by atoms with Crippen molar-refractivity contribution in [3.63, 3.8) is 0 Å². The molecule has 0 atom stereocenters. The van der Waals surface area contributed by atoms with Gasteiger partial charge in [0, 0.05) is 24.3 Å². The molecular formula is C36H46N2O3S. The number of carbonyl (C=O) groups excluding carboxylic acids is 1. The van der Waals surface area contributed by atoms with E-state index in [1.165, 1.54) is 27.8 Å². The van der Waals surface area contributed by atoms with Gasteiger partial charge in [0.25, 0.3) is 5.91 Å². The van der Waals surface area contributed by atoms with Gasteiger partial charge in [-0.3, -0.25) is 9.59 Å². The zero-order valence-electron chi connectivity index (χ0n) is 26.2. The van der Waals surface area contributed by atoms with E-state index in [2.05, 4.69) is 98.8 Å². The van der Waals surface area contributed by atoms with Crippen LogP contribution in [0.25, 0.3) is 5.57 Å². The SMILES string of the molecule is CC.CCC/C=C(/S/C=C(\C)c1ccc(C)cc1C)N(Cc1ccc(C(=O)NCCC(=O)O)cc1)c1ccc(C)cc1. The average molecular weight is 587 g/mol. The smallest absolute Gasteiger partial charge is 0.305 e. The molecule has 0 aliphatic rings. The van der Waals surface area contributed by atoms with Gasteiger partial charge in [0.2, 0.25) is 0 Å². The number of rotatable bonds is 13. The van der Waals surface area contributed by atoms with Gasteiger partial charge in [0.05, 0.1) is 11.4 Å². The molecule has 0 radical (unpaired) electrons. The number of carbonyl (C=O) groups is 2. The highest BCUT2D eigenvalue weighted by molar-refractivity contribution is 8.06.